The molecule has 0 aromatic heterocycles. The summed E-state index contributed by atoms with van der Waals surface area (Å²) in [4.78, 5) is 22.8. The van der Waals surface area contributed by atoms with Gasteiger partial charge < -0.3 is 20.5 Å². The molecule has 6 nitrogen and oxygen atoms in total. The van der Waals surface area contributed by atoms with Crippen molar-refractivity contribution in [2.45, 2.75) is 32.4 Å². The number of hydrogen-bond acceptors (Lipinski definition) is 4. The van der Waals surface area contributed by atoms with Gasteiger partial charge in [-0.2, -0.15) is 11.8 Å². The first kappa shape index (κ1) is 18.0. The first-order valence-corrected chi connectivity index (χ1v) is 7.59. The van der Waals surface area contributed by atoms with E-state index in [1.165, 1.54) is 0 Å². The highest BCUT2D eigenvalue weighted by Crippen LogP contribution is 2.03. The van der Waals surface area contributed by atoms with Gasteiger partial charge in [-0.05, 0) is 24.3 Å². The van der Waals surface area contributed by atoms with Gasteiger partial charge in [-0.1, -0.05) is 13.8 Å². The molecule has 0 spiro atoms. The van der Waals surface area contributed by atoms with E-state index in [1.807, 2.05) is 20.1 Å². The summed E-state index contributed by atoms with van der Waals surface area (Å²) >= 11 is 1.55. The number of carbonyl (C=O) groups is 2. The number of rotatable bonds is 9. The molecule has 112 valence electrons. The maximum atomic E-state index is 11.8. The molecule has 0 saturated carbocycles. The lowest BCUT2D eigenvalue weighted by molar-refractivity contribution is -0.139. The van der Waals surface area contributed by atoms with Crippen LogP contribution < -0.4 is 10.6 Å². The summed E-state index contributed by atoms with van der Waals surface area (Å²) < 4.78 is 5.02. The number of hydrogen-bond donors (Lipinski definition) is 3. The second kappa shape index (κ2) is 9.91. The van der Waals surface area contributed by atoms with E-state index in [1.54, 1.807) is 18.9 Å². The summed E-state index contributed by atoms with van der Waals surface area (Å²) in [7, 11) is 1.56. The third kappa shape index (κ3) is 7.94. The Morgan fingerprint density at radius 3 is 2.37 bits per heavy atom. The van der Waals surface area contributed by atoms with Crippen LogP contribution in [0, 0.1) is 5.92 Å². The van der Waals surface area contributed by atoms with Crippen LogP contribution in [0.5, 0.6) is 0 Å². The summed E-state index contributed by atoms with van der Waals surface area (Å²) in [6.45, 7) is 4.33. The van der Waals surface area contributed by atoms with E-state index in [9.17, 15) is 9.59 Å². The summed E-state index contributed by atoms with van der Waals surface area (Å²) in [5.74, 6) is -0.125. The molecule has 0 heterocycles. The third-order valence-electron chi connectivity index (χ3n) is 2.68. The van der Waals surface area contributed by atoms with Crippen LogP contribution in [0.3, 0.4) is 0 Å². The van der Waals surface area contributed by atoms with Crippen LogP contribution in [0.2, 0.25) is 0 Å². The lowest BCUT2D eigenvalue weighted by Crippen LogP contribution is -2.51. The van der Waals surface area contributed by atoms with Crippen LogP contribution in [-0.4, -0.2) is 54.9 Å². The highest BCUT2D eigenvalue weighted by Gasteiger charge is 2.22. The highest BCUT2D eigenvalue weighted by molar-refractivity contribution is 7.98. The average molecular weight is 292 g/mol. The molecule has 7 heteroatoms. The van der Waals surface area contributed by atoms with Crippen LogP contribution >= 0.6 is 11.8 Å². The molecule has 0 aliphatic rings. The average Bonchev–Trinajstić information content (AvgIpc) is 2.33. The van der Waals surface area contributed by atoms with Gasteiger partial charge in [0.25, 0.3) is 0 Å². The molecular weight excluding hydrogens is 268 g/mol. The molecule has 0 rings (SSSR count). The minimum atomic E-state index is -1.02. The predicted octanol–water partition coefficient (Wildman–Crippen LogP) is 1.16. The zero-order chi connectivity index (χ0) is 14.8. The number of urea groups is 1. The molecule has 0 bridgehead atoms. The predicted molar refractivity (Wildman–Crippen MR) is 76.6 cm³/mol. The van der Waals surface area contributed by atoms with Crippen molar-refractivity contribution in [2.24, 2.45) is 5.92 Å². The fraction of sp³-hybridized carbons (Fsp3) is 0.833. The van der Waals surface area contributed by atoms with Crippen LogP contribution in [-0.2, 0) is 9.53 Å². The van der Waals surface area contributed by atoms with Gasteiger partial charge in [-0.3, -0.25) is 0 Å². The monoisotopic (exact) mass is 292 g/mol. The number of carboxylic acid groups (broad SMARTS) is 1. The van der Waals surface area contributed by atoms with Crippen molar-refractivity contribution in [2.75, 3.05) is 25.7 Å². The van der Waals surface area contributed by atoms with Gasteiger partial charge in [0.05, 0.1) is 12.6 Å². The van der Waals surface area contributed by atoms with Crippen molar-refractivity contribution in [1.82, 2.24) is 10.6 Å². The van der Waals surface area contributed by atoms with Gasteiger partial charge in [0.2, 0.25) is 0 Å². The summed E-state index contributed by atoms with van der Waals surface area (Å²) in [6.07, 6.45) is 2.30. The summed E-state index contributed by atoms with van der Waals surface area (Å²) in [5, 5.41) is 14.2. The Labute approximate surface area is 118 Å². The van der Waals surface area contributed by atoms with E-state index in [-0.39, 0.29) is 12.0 Å². The number of amides is 2. The quantitative estimate of drug-likeness (QED) is 0.593. The van der Waals surface area contributed by atoms with E-state index in [4.69, 9.17) is 9.84 Å². The van der Waals surface area contributed by atoms with Crippen LogP contribution in [0.15, 0.2) is 0 Å². The van der Waals surface area contributed by atoms with Crippen LogP contribution in [0.1, 0.15) is 20.3 Å². The van der Waals surface area contributed by atoms with Gasteiger partial charge >= 0.3 is 12.0 Å². The molecule has 0 aromatic rings. The summed E-state index contributed by atoms with van der Waals surface area (Å²) in [6, 6.07) is -1.47. The lowest BCUT2D eigenvalue weighted by Gasteiger charge is -2.23. The smallest absolute Gasteiger partial charge is 0.326 e. The molecule has 0 aromatic carbocycles. The third-order valence-corrected chi connectivity index (χ3v) is 3.33. The van der Waals surface area contributed by atoms with Crippen molar-refractivity contribution in [3.05, 3.63) is 0 Å². The number of aliphatic carboxylic acids is 1. The van der Waals surface area contributed by atoms with Gasteiger partial charge in [0.15, 0.2) is 0 Å². The number of nitrogens with one attached hydrogen (secondary N) is 2. The van der Waals surface area contributed by atoms with Crippen molar-refractivity contribution < 1.29 is 19.4 Å². The molecule has 0 saturated heterocycles. The fourth-order valence-electron chi connectivity index (χ4n) is 1.44. The standard InChI is InChI=1S/C12H24N2O4S/c1-8(2)10(7-18-3)14-12(17)13-9(11(15)16)5-6-19-4/h8-10H,5-7H2,1-4H3,(H,15,16)(H2,13,14,17)/t9-,10?/m1/s1. The molecule has 19 heavy (non-hydrogen) atoms. The van der Waals surface area contributed by atoms with Gasteiger partial charge in [-0.15, -0.1) is 0 Å². The fourth-order valence-corrected chi connectivity index (χ4v) is 1.91. The molecule has 1 unspecified atom stereocenters. The Morgan fingerprint density at radius 1 is 1.32 bits per heavy atom. The SMILES string of the molecule is COCC(NC(=O)N[C@H](CCSC)C(=O)O)C(C)C. The molecule has 2 amide bonds. The van der Waals surface area contributed by atoms with Gasteiger partial charge in [-0.25, -0.2) is 9.59 Å². The Balaban J connectivity index is 4.34. The normalized spacial score (nSPS) is 13.9. The maximum absolute atomic E-state index is 11.8. The van der Waals surface area contributed by atoms with Crippen LogP contribution in [0.4, 0.5) is 4.79 Å². The van der Waals surface area contributed by atoms with Crippen LogP contribution in [0.25, 0.3) is 0 Å². The Hall–Kier alpha value is -0.950. The first-order chi connectivity index (χ1) is 8.92. The van der Waals surface area contributed by atoms with E-state index >= 15 is 0 Å². The Kier molecular flexibility index (Phi) is 9.42. The van der Waals surface area contributed by atoms with Gasteiger partial charge in [0, 0.05) is 7.11 Å². The minimum Gasteiger partial charge on any atom is -0.480 e. The van der Waals surface area contributed by atoms with Gasteiger partial charge in [0.1, 0.15) is 6.04 Å². The first-order valence-electron chi connectivity index (χ1n) is 6.20. The molecule has 2 atom stereocenters. The molecule has 0 aliphatic heterocycles. The molecule has 3 N–H and O–H groups in total. The molecule has 0 radical (unpaired) electrons. The number of carboxylic acids is 1. The minimum absolute atomic E-state index is 0.139. The van der Waals surface area contributed by atoms with E-state index in [0.717, 1.165) is 0 Å². The number of ether oxygens (including phenoxy) is 1. The molecular formula is C12H24N2O4S. The lowest BCUT2D eigenvalue weighted by atomic mass is 10.1. The second-order valence-electron chi connectivity index (χ2n) is 4.60. The van der Waals surface area contributed by atoms with Crippen molar-refractivity contribution in [3.8, 4) is 0 Å². The Morgan fingerprint density at radius 2 is 1.95 bits per heavy atom. The number of thioether (sulfide) groups is 1. The van der Waals surface area contributed by atoms with Crippen molar-refractivity contribution in [3.63, 3.8) is 0 Å². The summed E-state index contributed by atoms with van der Waals surface area (Å²) in [5.41, 5.74) is 0. The van der Waals surface area contributed by atoms with Crippen molar-refractivity contribution >= 4 is 23.8 Å². The topological polar surface area (TPSA) is 87.7 Å². The number of methoxy groups -OCH3 is 1. The van der Waals surface area contributed by atoms with E-state index < -0.39 is 18.0 Å². The molecule has 0 fully saturated rings. The zero-order valence-corrected chi connectivity index (χ0v) is 12.8. The van der Waals surface area contributed by atoms with E-state index in [0.29, 0.717) is 18.8 Å². The van der Waals surface area contributed by atoms with E-state index in [2.05, 4.69) is 10.6 Å². The zero-order valence-electron chi connectivity index (χ0n) is 11.9. The largest absolute Gasteiger partial charge is 0.480 e. The Bertz CT molecular complexity index is 287. The second-order valence-corrected chi connectivity index (χ2v) is 5.58. The maximum Gasteiger partial charge on any atom is 0.326 e. The number of carbonyl (C=O) groups excluding carboxylic acids is 1. The molecule has 0 aliphatic carbocycles. The van der Waals surface area contributed by atoms with Crippen molar-refractivity contribution in [1.29, 1.82) is 0 Å². The highest BCUT2D eigenvalue weighted by atomic mass is 32.2.